The highest BCUT2D eigenvalue weighted by molar-refractivity contribution is 6.74. The smallest absolute Gasteiger partial charge is 0.250 e. The van der Waals surface area contributed by atoms with Crippen LogP contribution in [-0.4, -0.2) is 31.7 Å². The van der Waals surface area contributed by atoms with E-state index >= 15 is 0 Å². The second-order valence-electron chi connectivity index (χ2n) is 9.61. The van der Waals surface area contributed by atoms with E-state index in [9.17, 15) is 0 Å². The molecule has 3 atom stereocenters. The highest BCUT2D eigenvalue weighted by atomic mass is 28.4. The minimum Gasteiger partial charge on any atom is -0.547 e. The van der Waals surface area contributed by atoms with Crippen LogP contribution in [0, 0.1) is 0 Å². The molecule has 2 aliphatic rings. The van der Waals surface area contributed by atoms with Crippen molar-refractivity contribution < 1.29 is 13.9 Å². The van der Waals surface area contributed by atoms with Crippen molar-refractivity contribution in [2.24, 2.45) is 0 Å². The van der Waals surface area contributed by atoms with Gasteiger partial charge < -0.3 is 13.9 Å². The van der Waals surface area contributed by atoms with Gasteiger partial charge in [0.25, 0.3) is 0 Å². The molecule has 134 valence electrons. The van der Waals surface area contributed by atoms with E-state index in [-0.39, 0.29) is 16.2 Å². The van der Waals surface area contributed by atoms with Crippen molar-refractivity contribution in [2.75, 3.05) is 0 Å². The summed E-state index contributed by atoms with van der Waals surface area (Å²) in [4.78, 5) is 0. The number of hydrogen-bond donors (Lipinski definition) is 0. The van der Waals surface area contributed by atoms with E-state index in [0.717, 1.165) is 31.4 Å². The van der Waals surface area contributed by atoms with Gasteiger partial charge in [-0.05, 0) is 58.2 Å². The maximum absolute atomic E-state index is 6.25. The van der Waals surface area contributed by atoms with Crippen LogP contribution in [0.4, 0.5) is 0 Å². The van der Waals surface area contributed by atoms with Crippen LogP contribution < -0.4 is 0 Å². The van der Waals surface area contributed by atoms with Crippen LogP contribution >= 0.6 is 0 Å². The first-order chi connectivity index (χ1) is 10.3. The minimum absolute atomic E-state index is 0.0410. The van der Waals surface area contributed by atoms with Crippen LogP contribution in [0.15, 0.2) is 12.3 Å². The molecular formula is C19H36O3Si. The Morgan fingerprint density at radius 2 is 1.65 bits per heavy atom. The SMILES string of the molecule is C=C(CC[C@H]1O[C@]1(C)CC[C@H]1OC1(C)C)O[Si](C)(C)C(C)(C)C. The Morgan fingerprint density at radius 3 is 2.13 bits per heavy atom. The Kier molecular flexibility index (Phi) is 4.87. The molecule has 0 bridgehead atoms. The molecule has 2 heterocycles. The molecule has 0 aromatic rings. The Morgan fingerprint density at radius 1 is 1.09 bits per heavy atom. The van der Waals surface area contributed by atoms with Crippen molar-refractivity contribution in [3.8, 4) is 0 Å². The molecular weight excluding hydrogens is 304 g/mol. The van der Waals surface area contributed by atoms with Crippen molar-refractivity contribution in [1.82, 2.24) is 0 Å². The predicted octanol–water partition coefficient (Wildman–Crippen LogP) is 5.42. The Bertz CT molecular complexity index is 464. The Labute approximate surface area is 143 Å². The second kappa shape index (κ2) is 5.89. The predicted molar refractivity (Wildman–Crippen MR) is 98.1 cm³/mol. The molecule has 0 amide bonds. The van der Waals surface area contributed by atoms with E-state index in [4.69, 9.17) is 13.9 Å². The van der Waals surface area contributed by atoms with E-state index in [2.05, 4.69) is 61.2 Å². The normalized spacial score (nSPS) is 32.5. The van der Waals surface area contributed by atoms with Crippen LogP contribution in [0.1, 0.15) is 67.2 Å². The fourth-order valence-electron chi connectivity index (χ4n) is 2.89. The third-order valence-electron chi connectivity index (χ3n) is 5.99. The van der Waals surface area contributed by atoms with Gasteiger partial charge >= 0.3 is 0 Å². The second-order valence-corrected chi connectivity index (χ2v) is 14.3. The number of hydrogen-bond acceptors (Lipinski definition) is 3. The molecule has 0 aromatic carbocycles. The molecule has 4 heteroatoms. The molecule has 0 unspecified atom stereocenters. The van der Waals surface area contributed by atoms with Gasteiger partial charge in [-0.25, -0.2) is 0 Å². The maximum atomic E-state index is 6.25. The van der Waals surface area contributed by atoms with Crippen molar-refractivity contribution in [3.05, 3.63) is 12.3 Å². The van der Waals surface area contributed by atoms with Gasteiger partial charge in [-0.1, -0.05) is 27.4 Å². The molecule has 2 aliphatic heterocycles. The summed E-state index contributed by atoms with van der Waals surface area (Å²) in [5, 5.41) is 0.220. The lowest BCUT2D eigenvalue weighted by Gasteiger charge is -2.37. The Balaban J connectivity index is 1.68. The van der Waals surface area contributed by atoms with Gasteiger partial charge in [-0.15, -0.1) is 0 Å². The van der Waals surface area contributed by atoms with Gasteiger partial charge in [0.05, 0.1) is 29.2 Å². The van der Waals surface area contributed by atoms with Crippen molar-refractivity contribution >= 4 is 8.32 Å². The summed E-state index contributed by atoms with van der Waals surface area (Å²) in [7, 11) is -1.75. The lowest BCUT2D eigenvalue weighted by Crippen LogP contribution is -2.40. The van der Waals surface area contributed by atoms with Gasteiger partial charge in [0, 0.05) is 6.42 Å². The highest BCUT2D eigenvalue weighted by Crippen LogP contribution is 2.47. The molecule has 0 radical (unpaired) electrons. The minimum atomic E-state index is -1.75. The van der Waals surface area contributed by atoms with Gasteiger partial charge in [0.2, 0.25) is 8.32 Å². The molecule has 2 saturated heterocycles. The lowest BCUT2D eigenvalue weighted by atomic mass is 9.95. The first-order valence-electron chi connectivity index (χ1n) is 8.99. The number of epoxide rings is 2. The van der Waals surface area contributed by atoms with Crippen LogP contribution in [0.2, 0.25) is 18.1 Å². The zero-order chi connectivity index (χ0) is 17.7. The topological polar surface area (TPSA) is 34.3 Å². The summed E-state index contributed by atoms with van der Waals surface area (Å²) in [6, 6.07) is 0. The first kappa shape index (κ1) is 19.0. The largest absolute Gasteiger partial charge is 0.547 e. The molecule has 0 N–H and O–H groups in total. The van der Waals surface area contributed by atoms with Crippen LogP contribution in [-0.2, 0) is 13.9 Å². The summed E-state index contributed by atoms with van der Waals surface area (Å²) < 4.78 is 17.9. The first-order valence-corrected chi connectivity index (χ1v) is 11.9. The number of rotatable bonds is 8. The molecule has 0 spiro atoms. The Hall–Kier alpha value is -0.323. The zero-order valence-electron chi connectivity index (χ0n) is 16.4. The van der Waals surface area contributed by atoms with E-state index in [1.54, 1.807) is 0 Å². The molecule has 3 nitrogen and oxygen atoms in total. The van der Waals surface area contributed by atoms with Gasteiger partial charge in [-0.3, -0.25) is 0 Å². The molecule has 0 aliphatic carbocycles. The average Bonchev–Trinajstić information content (AvgIpc) is 3.19. The fraction of sp³-hybridized carbons (Fsp3) is 0.895. The highest BCUT2D eigenvalue weighted by Gasteiger charge is 2.54. The van der Waals surface area contributed by atoms with Crippen LogP contribution in [0.3, 0.4) is 0 Å². The fourth-order valence-corrected chi connectivity index (χ4v) is 4.02. The molecule has 23 heavy (non-hydrogen) atoms. The molecule has 0 saturated carbocycles. The monoisotopic (exact) mass is 340 g/mol. The van der Waals surface area contributed by atoms with E-state index in [1.807, 2.05) is 0 Å². The van der Waals surface area contributed by atoms with Crippen molar-refractivity contribution in [1.29, 1.82) is 0 Å². The average molecular weight is 341 g/mol. The van der Waals surface area contributed by atoms with E-state index in [0.29, 0.717) is 12.2 Å². The number of allylic oxidation sites excluding steroid dienone is 1. The van der Waals surface area contributed by atoms with Gasteiger partial charge in [-0.2, -0.15) is 0 Å². The standard InChI is InChI=1S/C19H36O3Si/c1-14(22-23(8,9)17(2,3)4)10-11-16-19(7,21-16)13-12-15-18(5,6)20-15/h15-16H,1,10-13H2,2-9H3/t15-,16-,19-/m1/s1. The molecule has 0 aromatic heterocycles. The quantitative estimate of drug-likeness (QED) is 0.336. The van der Waals surface area contributed by atoms with Crippen molar-refractivity contribution in [3.63, 3.8) is 0 Å². The van der Waals surface area contributed by atoms with Gasteiger partial charge in [0.15, 0.2) is 0 Å². The van der Waals surface area contributed by atoms with E-state index in [1.165, 1.54) is 0 Å². The van der Waals surface area contributed by atoms with Crippen LogP contribution in [0.25, 0.3) is 0 Å². The zero-order valence-corrected chi connectivity index (χ0v) is 17.4. The van der Waals surface area contributed by atoms with Crippen LogP contribution in [0.5, 0.6) is 0 Å². The summed E-state index contributed by atoms with van der Waals surface area (Å²) >= 11 is 0. The third-order valence-corrected chi connectivity index (χ3v) is 10.4. The molecule has 2 fully saturated rings. The summed E-state index contributed by atoms with van der Waals surface area (Å²) in [6.45, 7) is 22.0. The maximum Gasteiger partial charge on any atom is 0.250 e. The molecule has 2 rings (SSSR count). The van der Waals surface area contributed by atoms with E-state index < -0.39 is 8.32 Å². The summed E-state index contributed by atoms with van der Waals surface area (Å²) in [5.74, 6) is 0.932. The summed E-state index contributed by atoms with van der Waals surface area (Å²) in [6.07, 6.45) is 4.87. The number of ether oxygens (including phenoxy) is 2. The lowest BCUT2D eigenvalue weighted by molar-refractivity contribution is 0.273. The summed E-state index contributed by atoms with van der Waals surface area (Å²) in [5.41, 5.74) is 0.130. The third kappa shape index (κ3) is 4.61. The van der Waals surface area contributed by atoms with Crippen molar-refractivity contribution in [2.45, 2.75) is 109 Å². The van der Waals surface area contributed by atoms with Gasteiger partial charge in [0.1, 0.15) is 0 Å².